The minimum Gasteiger partial charge on any atom is -0.465 e. The van der Waals surface area contributed by atoms with Crippen molar-refractivity contribution in [1.82, 2.24) is 5.32 Å². The molecule has 2 rings (SSSR count). The van der Waals surface area contributed by atoms with Crippen LogP contribution < -0.4 is 5.32 Å². The Balaban J connectivity index is 2.02. The first-order valence-electron chi connectivity index (χ1n) is 6.04. The van der Waals surface area contributed by atoms with E-state index in [4.69, 9.17) is 4.42 Å². The van der Waals surface area contributed by atoms with E-state index in [0.717, 1.165) is 11.5 Å². The molecule has 0 aliphatic heterocycles. The second-order valence-corrected chi connectivity index (χ2v) is 4.47. The van der Waals surface area contributed by atoms with E-state index in [-0.39, 0.29) is 6.04 Å². The summed E-state index contributed by atoms with van der Waals surface area (Å²) in [5.41, 5.74) is 1.29. The Labute approximate surface area is 103 Å². The highest BCUT2D eigenvalue weighted by molar-refractivity contribution is 5.19. The minimum atomic E-state index is 0.221. The first-order chi connectivity index (χ1) is 8.16. The zero-order chi connectivity index (χ0) is 12.3. The van der Waals surface area contributed by atoms with Gasteiger partial charge < -0.3 is 9.73 Å². The molecule has 1 aromatic carbocycles. The van der Waals surface area contributed by atoms with Crippen molar-refractivity contribution in [2.24, 2.45) is 0 Å². The lowest BCUT2D eigenvalue weighted by Gasteiger charge is -2.18. The van der Waals surface area contributed by atoms with Gasteiger partial charge in [-0.2, -0.15) is 0 Å². The molecule has 0 saturated heterocycles. The summed E-state index contributed by atoms with van der Waals surface area (Å²) in [6.45, 7) is 6.26. The van der Waals surface area contributed by atoms with Crippen LogP contribution in [0.3, 0.4) is 0 Å². The van der Waals surface area contributed by atoms with Crippen molar-refractivity contribution in [3.63, 3.8) is 0 Å². The molecule has 1 heterocycles. The normalized spacial score (nSPS) is 14.5. The van der Waals surface area contributed by atoms with Crippen molar-refractivity contribution in [3.05, 3.63) is 59.5 Å². The zero-order valence-corrected chi connectivity index (χ0v) is 10.6. The van der Waals surface area contributed by atoms with Gasteiger partial charge in [0, 0.05) is 6.04 Å². The van der Waals surface area contributed by atoms with E-state index in [1.165, 1.54) is 5.56 Å². The largest absolute Gasteiger partial charge is 0.465 e. The van der Waals surface area contributed by atoms with Gasteiger partial charge in [-0.25, -0.2) is 0 Å². The van der Waals surface area contributed by atoms with Crippen molar-refractivity contribution >= 4 is 0 Å². The molecule has 0 bridgehead atoms. The Morgan fingerprint density at radius 1 is 0.941 bits per heavy atom. The molecule has 0 fully saturated rings. The van der Waals surface area contributed by atoms with Crippen molar-refractivity contribution in [1.29, 1.82) is 0 Å². The number of hydrogen-bond donors (Lipinski definition) is 1. The maximum absolute atomic E-state index is 5.62. The van der Waals surface area contributed by atoms with Gasteiger partial charge in [-0.1, -0.05) is 30.3 Å². The zero-order valence-electron chi connectivity index (χ0n) is 10.6. The number of furan rings is 1. The smallest absolute Gasteiger partial charge is 0.120 e. The van der Waals surface area contributed by atoms with E-state index >= 15 is 0 Å². The van der Waals surface area contributed by atoms with Crippen molar-refractivity contribution in [2.75, 3.05) is 0 Å². The summed E-state index contributed by atoms with van der Waals surface area (Å²) >= 11 is 0. The summed E-state index contributed by atoms with van der Waals surface area (Å²) < 4.78 is 5.62. The summed E-state index contributed by atoms with van der Waals surface area (Å²) in [7, 11) is 0. The molecule has 1 N–H and O–H groups in total. The molecule has 1 aromatic heterocycles. The molecule has 0 spiro atoms. The van der Waals surface area contributed by atoms with Crippen LogP contribution in [0.5, 0.6) is 0 Å². The average Bonchev–Trinajstić information content (AvgIpc) is 2.77. The number of hydrogen-bond acceptors (Lipinski definition) is 2. The fourth-order valence-electron chi connectivity index (χ4n) is 1.98. The van der Waals surface area contributed by atoms with E-state index in [0.29, 0.717) is 6.04 Å². The van der Waals surface area contributed by atoms with Gasteiger partial charge in [0.2, 0.25) is 0 Å². The Morgan fingerprint density at radius 2 is 1.65 bits per heavy atom. The lowest BCUT2D eigenvalue weighted by atomic mass is 10.1. The van der Waals surface area contributed by atoms with E-state index in [1.807, 2.05) is 25.1 Å². The van der Waals surface area contributed by atoms with E-state index in [9.17, 15) is 0 Å². The second-order valence-electron chi connectivity index (χ2n) is 4.47. The van der Waals surface area contributed by atoms with Gasteiger partial charge in [-0.05, 0) is 38.5 Å². The highest BCUT2D eigenvalue weighted by Gasteiger charge is 2.13. The maximum Gasteiger partial charge on any atom is 0.120 e. The topological polar surface area (TPSA) is 25.2 Å². The van der Waals surface area contributed by atoms with Crippen molar-refractivity contribution in [2.45, 2.75) is 32.9 Å². The highest BCUT2D eigenvalue weighted by Crippen LogP contribution is 2.20. The number of aryl methyl sites for hydroxylation is 1. The lowest BCUT2D eigenvalue weighted by Crippen LogP contribution is -2.22. The van der Waals surface area contributed by atoms with Crippen LogP contribution >= 0.6 is 0 Å². The number of benzene rings is 1. The minimum absolute atomic E-state index is 0.221. The van der Waals surface area contributed by atoms with Gasteiger partial charge >= 0.3 is 0 Å². The van der Waals surface area contributed by atoms with E-state index in [2.05, 4.69) is 43.4 Å². The molecule has 0 saturated carbocycles. The molecular formula is C15H19NO. The van der Waals surface area contributed by atoms with Crippen LogP contribution in [-0.4, -0.2) is 0 Å². The summed E-state index contributed by atoms with van der Waals surface area (Å²) in [6.07, 6.45) is 0. The SMILES string of the molecule is Cc1ccc(C(C)N[C@@H](C)c2ccccc2)o1. The Hall–Kier alpha value is -1.54. The van der Waals surface area contributed by atoms with Crippen LogP contribution in [0.15, 0.2) is 46.9 Å². The molecule has 2 heteroatoms. The molecular weight excluding hydrogens is 210 g/mol. The Bertz CT molecular complexity index is 461. The summed E-state index contributed by atoms with van der Waals surface area (Å²) in [4.78, 5) is 0. The summed E-state index contributed by atoms with van der Waals surface area (Å²) in [5, 5.41) is 3.53. The van der Waals surface area contributed by atoms with Gasteiger partial charge in [0.05, 0.1) is 6.04 Å². The molecule has 2 atom stereocenters. The molecule has 90 valence electrons. The molecule has 1 unspecified atom stereocenters. The van der Waals surface area contributed by atoms with Gasteiger partial charge in [0.15, 0.2) is 0 Å². The van der Waals surface area contributed by atoms with Gasteiger partial charge in [0.1, 0.15) is 11.5 Å². The van der Waals surface area contributed by atoms with Crippen LogP contribution in [0.2, 0.25) is 0 Å². The average molecular weight is 229 g/mol. The van der Waals surface area contributed by atoms with Crippen LogP contribution in [0.4, 0.5) is 0 Å². The molecule has 2 nitrogen and oxygen atoms in total. The van der Waals surface area contributed by atoms with Crippen molar-refractivity contribution in [3.8, 4) is 0 Å². The number of nitrogens with one attached hydrogen (secondary N) is 1. The van der Waals surface area contributed by atoms with Crippen LogP contribution in [0.25, 0.3) is 0 Å². The van der Waals surface area contributed by atoms with Crippen molar-refractivity contribution < 1.29 is 4.42 Å². The second kappa shape index (κ2) is 5.19. The lowest BCUT2D eigenvalue weighted by molar-refractivity contribution is 0.392. The summed E-state index contributed by atoms with van der Waals surface area (Å²) in [5.74, 6) is 1.95. The van der Waals surface area contributed by atoms with Gasteiger partial charge in [-0.3, -0.25) is 0 Å². The van der Waals surface area contributed by atoms with E-state index < -0.39 is 0 Å². The quantitative estimate of drug-likeness (QED) is 0.857. The fourth-order valence-corrected chi connectivity index (χ4v) is 1.98. The van der Waals surface area contributed by atoms with Crippen LogP contribution in [0.1, 0.15) is 43.0 Å². The molecule has 0 aliphatic carbocycles. The first-order valence-corrected chi connectivity index (χ1v) is 6.04. The molecule has 2 aromatic rings. The Kier molecular flexibility index (Phi) is 3.64. The van der Waals surface area contributed by atoms with Crippen LogP contribution in [0, 0.1) is 6.92 Å². The summed E-state index contributed by atoms with van der Waals surface area (Å²) in [6, 6.07) is 15.0. The fraction of sp³-hybridized carbons (Fsp3) is 0.333. The van der Waals surface area contributed by atoms with Gasteiger partial charge in [-0.15, -0.1) is 0 Å². The molecule has 0 amide bonds. The third kappa shape index (κ3) is 2.98. The van der Waals surface area contributed by atoms with Crippen LogP contribution in [-0.2, 0) is 0 Å². The highest BCUT2D eigenvalue weighted by atomic mass is 16.3. The predicted molar refractivity (Wildman–Crippen MR) is 69.9 cm³/mol. The third-order valence-electron chi connectivity index (χ3n) is 2.99. The predicted octanol–water partition coefficient (Wildman–Crippen LogP) is 4.00. The maximum atomic E-state index is 5.62. The molecule has 0 aliphatic rings. The van der Waals surface area contributed by atoms with E-state index in [1.54, 1.807) is 0 Å². The molecule has 17 heavy (non-hydrogen) atoms. The Morgan fingerprint density at radius 3 is 2.24 bits per heavy atom. The monoisotopic (exact) mass is 229 g/mol. The standard InChI is InChI=1S/C15H19NO/c1-11-9-10-15(17-11)13(3)16-12(2)14-7-5-4-6-8-14/h4-10,12-13,16H,1-3H3/t12-,13?/m0/s1. The molecule has 0 radical (unpaired) electrons. The van der Waals surface area contributed by atoms with Gasteiger partial charge in [0.25, 0.3) is 0 Å². The first kappa shape index (κ1) is 11.9. The third-order valence-corrected chi connectivity index (χ3v) is 2.99. The number of rotatable bonds is 4.